The first-order valence-electron chi connectivity index (χ1n) is 7.55. The lowest BCUT2D eigenvalue weighted by Crippen LogP contribution is -2.46. The molecule has 3 rings (SSSR count). The predicted molar refractivity (Wildman–Crippen MR) is 88.8 cm³/mol. The zero-order valence-electron chi connectivity index (χ0n) is 14.1. The van der Waals surface area contributed by atoms with E-state index in [-0.39, 0.29) is 16.9 Å². The highest BCUT2D eigenvalue weighted by molar-refractivity contribution is 6.42. The van der Waals surface area contributed by atoms with Crippen LogP contribution in [0.15, 0.2) is 32.9 Å². The van der Waals surface area contributed by atoms with E-state index in [1.54, 1.807) is 0 Å². The Morgan fingerprint density at radius 3 is 2.46 bits per heavy atom. The number of carbonyl (C=O) groups is 2. The molecule has 0 spiro atoms. The van der Waals surface area contributed by atoms with Crippen molar-refractivity contribution in [2.45, 2.75) is 12.8 Å². The van der Waals surface area contributed by atoms with E-state index in [4.69, 9.17) is 0 Å². The Morgan fingerprint density at radius 2 is 1.81 bits per heavy atom. The molecular formula is C16H14FN5O4. The highest BCUT2D eigenvalue weighted by Gasteiger charge is 2.35. The van der Waals surface area contributed by atoms with E-state index in [9.17, 15) is 23.6 Å². The Kier molecular flexibility index (Phi) is 4.10. The van der Waals surface area contributed by atoms with Gasteiger partial charge in [-0.05, 0) is 30.7 Å². The van der Waals surface area contributed by atoms with Crippen LogP contribution in [0.2, 0.25) is 0 Å². The van der Waals surface area contributed by atoms with Crippen LogP contribution in [0.4, 0.5) is 4.39 Å². The fourth-order valence-electron chi connectivity index (χ4n) is 2.56. The lowest BCUT2D eigenvalue weighted by Gasteiger charge is -2.20. The van der Waals surface area contributed by atoms with Gasteiger partial charge in [0.15, 0.2) is 0 Å². The molecule has 1 unspecified atom stereocenters. The number of aromatic nitrogens is 3. The van der Waals surface area contributed by atoms with Crippen LogP contribution >= 0.6 is 0 Å². The summed E-state index contributed by atoms with van der Waals surface area (Å²) < 4.78 is 15.2. The molecule has 0 aliphatic carbocycles. The number of carbonyl (C=O) groups excluding carboxylic acids is 2. The van der Waals surface area contributed by atoms with Gasteiger partial charge in [-0.25, -0.2) is 23.4 Å². The smallest absolute Gasteiger partial charge is 0.287 e. The van der Waals surface area contributed by atoms with Crippen LogP contribution < -0.4 is 11.2 Å². The number of halogens is 1. The van der Waals surface area contributed by atoms with Crippen molar-refractivity contribution < 1.29 is 14.0 Å². The van der Waals surface area contributed by atoms with Crippen molar-refractivity contribution in [1.82, 2.24) is 19.4 Å². The van der Waals surface area contributed by atoms with Crippen molar-refractivity contribution >= 4 is 17.9 Å². The molecular weight excluding hydrogens is 345 g/mol. The number of likely N-dealkylation sites (N-methyl/N-ethyl adjacent to an activating group) is 1. The van der Waals surface area contributed by atoms with Gasteiger partial charge in [-0.3, -0.25) is 14.4 Å². The molecule has 2 aromatic rings. The number of hydrogen-bond acceptors (Lipinski definition) is 6. The van der Waals surface area contributed by atoms with Gasteiger partial charge in [0, 0.05) is 20.3 Å². The number of nitrogens with zero attached hydrogens (tertiary/aromatic N) is 5. The van der Waals surface area contributed by atoms with E-state index in [1.165, 1.54) is 33.2 Å². The van der Waals surface area contributed by atoms with Crippen molar-refractivity contribution in [2.75, 3.05) is 7.05 Å². The maximum absolute atomic E-state index is 13.5. The van der Waals surface area contributed by atoms with Gasteiger partial charge >= 0.3 is 11.6 Å². The maximum Gasteiger partial charge on any atom is 0.351 e. The minimum atomic E-state index is -1.30. The molecule has 1 aliphatic heterocycles. The van der Waals surface area contributed by atoms with Crippen LogP contribution in [0, 0.1) is 12.7 Å². The summed E-state index contributed by atoms with van der Waals surface area (Å²) in [5, 5.41) is 8.45. The number of aryl methyl sites for hydroxylation is 2. The first-order chi connectivity index (χ1) is 12.2. The van der Waals surface area contributed by atoms with E-state index in [0.29, 0.717) is 0 Å². The summed E-state index contributed by atoms with van der Waals surface area (Å²) in [6.07, 6.45) is 1.12. The molecule has 0 bridgehead atoms. The van der Waals surface area contributed by atoms with Gasteiger partial charge in [0.1, 0.15) is 17.4 Å². The molecule has 1 aliphatic rings. The Labute approximate surface area is 146 Å². The number of hydrogen-bond donors (Lipinski definition) is 0. The first-order valence-corrected chi connectivity index (χ1v) is 7.55. The van der Waals surface area contributed by atoms with Crippen molar-refractivity contribution in [3.63, 3.8) is 0 Å². The molecule has 0 fully saturated rings. The third-order valence-electron chi connectivity index (χ3n) is 4.02. The highest BCUT2D eigenvalue weighted by Crippen LogP contribution is 2.15. The van der Waals surface area contributed by atoms with E-state index >= 15 is 0 Å². The largest absolute Gasteiger partial charge is 0.351 e. The lowest BCUT2D eigenvalue weighted by atomic mass is 10.00. The Balaban J connectivity index is 2.26. The summed E-state index contributed by atoms with van der Waals surface area (Å²) in [7, 11) is 2.61. The van der Waals surface area contributed by atoms with Crippen LogP contribution in [0.3, 0.4) is 0 Å². The fourth-order valence-corrected chi connectivity index (χ4v) is 2.56. The number of amides is 1. The van der Waals surface area contributed by atoms with E-state index in [2.05, 4.69) is 10.2 Å². The maximum atomic E-state index is 13.5. The average molecular weight is 359 g/mol. The van der Waals surface area contributed by atoms with E-state index in [1.807, 2.05) is 0 Å². The number of hydrazone groups is 1. The molecule has 0 saturated heterocycles. The molecule has 0 radical (unpaired) electrons. The normalized spacial score (nSPS) is 17.1. The number of rotatable bonds is 2. The van der Waals surface area contributed by atoms with Crippen LogP contribution in [-0.4, -0.2) is 44.3 Å². The van der Waals surface area contributed by atoms with Gasteiger partial charge in [-0.15, -0.1) is 0 Å². The first kappa shape index (κ1) is 17.4. The Morgan fingerprint density at radius 1 is 1.12 bits per heavy atom. The summed E-state index contributed by atoms with van der Waals surface area (Å²) >= 11 is 0. The molecule has 10 heteroatoms. The number of ketones is 1. The number of Topliss-reactive ketones (excluding diaryl/α,β-unsaturated/α-hetero) is 1. The van der Waals surface area contributed by atoms with Gasteiger partial charge in [-0.2, -0.15) is 10.2 Å². The second-order valence-corrected chi connectivity index (χ2v) is 5.80. The highest BCUT2D eigenvalue weighted by atomic mass is 19.1. The van der Waals surface area contributed by atoms with Gasteiger partial charge in [0.2, 0.25) is 5.78 Å². The van der Waals surface area contributed by atoms with E-state index in [0.717, 1.165) is 26.5 Å². The minimum Gasteiger partial charge on any atom is -0.287 e. The molecule has 0 N–H and O–H groups in total. The second kappa shape index (κ2) is 6.14. The zero-order chi connectivity index (χ0) is 19.2. The molecule has 1 atom stereocenters. The van der Waals surface area contributed by atoms with Crippen LogP contribution in [0.5, 0.6) is 0 Å². The van der Waals surface area contributed by atoms with Crippen LogP contribution in [0.25, 0.3) is 5.69 Å². The zero-order valence-corrected chi connectivity index (χ0v) is 14.1. The predicted octanol–water partition coefficient (Wildman–Crippen LogP) is -0.511. The SMILES string of the molecule is Cc1cc(-n2c(=O)c(C3C=NN(C)C(=O)C3=O)nn(C)c2=O)ccc1F. The van der Waals surface area contributed by atoms with Crippen LogP contribution in [0.1, 0.15) is 17.2 Å². The van der Waals surface area contributed by atoms with Crippen molar-refractivity contribution in [2.24, 2.45) is 12.1 Å². The van der Waals surface area contributed by atoms with Gasteiger partial charge in [0.05, 0.1) is 5.69 Å². The number of benzene rings is 1. The third kappa shape index (κ3) is 2.65. The molecule has 1 aromatic heterocycles. The molecule has 1 amide bonds. The van der Waals surface area contributed by atoms with Crippen molar-refractivity contribution in [1.29, 1.82) is 0 Å². The van der Waals surface area contributed by atoms with Crippen LogP contribution in [-0.2, 0) is 16.6 Å². The van der Waals surface area contributed by atoms with Crippen molar-refractivity contribution in [3.05, 3.63) is 56.1 Å². The molecule has 26 heavy (non-hydrogen) atoms. The third-order valence-corrected chi connectivity index (χ3v) is 4.02. The standard InChI is InChI=1S/C16H14FN5O4/c1-8-6-9(4-5-11(8)17)22-14(24)12(19-21(3)16(22)26)10-7-18-20(2)15(25)13(10)23/h4-7,10H,1-3H3. The monoisotopic (exact) mass is 359 g/mol. The summed E-state index contributed by atoms with van der Waals surface area (Å²) in [5.41, 5.74) is -1.59. The molecule has 1 aromatic carbocycles. The summed E-state index contributed by atoms with van der Waals surface area (Å²) in [4.78, 5) is 49.3. The quantitative estimate of drug-likeness (QED) is 0.671. The van der Waals surface area contributed by atoms with E-state index < -0.39 is 34.7 Å². The molecule has 134 valence electrons. The summed E-state index contributed by atoms with van der Waals surface area (Å²) in [5.74, 6) is -3.56. The van der Waals surface area contributed by atoms with Gasteiger partial charge < -0.3 is 0 Å². The molecule has 9 nitrogen and oxygen atoms in total. The summed E-state index contributed by atoms with van der Waals surface area (Å²) in [6.45, 7) is 1.49. The van der Waals surface area contributed by atoms with Gasteiger partial charge in [-0.1, -0.05) is 0 Å². The molecule has 0 saturated carbocycles. The van der Waals surface area contributed by atoms with Gasteiger partial charge in [0.25, 0.3) is 5.56 Å². The average Bonchev–Trinajstić information content (AvgIpc) is 2.60. The lowest BCUT2D eigenvalue weighted by molar-refractivity contribution is -0.144. The summed E-state index contributed by atoms with van der Waals surface area (Å²) in [6, 6.07) is 3.73. The van der Waals surface area contributed by atoms with Crippen molar-refractivity contribution in [3.8, 4) is 5.69 Å². The topological polar surface area (TPSA) is 107 Å². The Hall–Kier alpha value is -3.43. The molecule has 2 heterocycles. The fraction of sp³-hybridized carbons (Fsp3) is 0.250. The Bertz CT molecular complexity index is 1090. The minimum absolute atomic E-state index is 0.127. The second-order valence-electron chi connectivity index (χ2n) is 5.80.